The second kappa shape index (κ2) is 8.05. The smallest absolute Gasteiger partial charge is 0.276 e. The number of amides is 2. The van der Waals surface area contributed by atoms with Crippen molar-refractivity contribution in [3.63, 3.8) is 0 Å². The van der Waals surface area contributed by atoms with E-state index < -0.39 is 11.5 Å². The van der Waals surface area contributed by atoms with Crippen LogP contribution in [0.5, 0.6) is 0 Å². The maximum absolute atomic E-state index is 12.2. The van der Waals surface area contributed by atoms with Crippen molar-refractivity contribution in [2.75, 3.05) is 5.32 Å². The molecule has 7 heteroatoms. The van der Waals surface area contributed by atoms with Gasteiger partial charge in [0, 0.05) is 17.8 Å². The Hall–Kier alpha value is -2.96. The zero-order valence-electron chi connectivity index (χ0n) is 13.7. The van der Waals surface area contributed by atoms with E-state index in [1.807, 2.05) is 19.9 Å². The van der Waals surface area contributed by atoms with Crippen molar-refractivity contribution in [2.24, 2.45) is 0 Å². The van der Waals surface area contributed by atoms with Gasteiger partial charge < -0.3 is 10.6 Å². The Morgan fingerprint density at radius 1 is 1.17 bits per heavy atom. The van der Waals surface area contributed by atoms with Crippen LogP contribution in [0, 0.1) is 0 Å². The molecule has 1 aromatic heterocycles. The SMILES string of the molecule is CC[C@H](C)NC(=O)Cn1nc(C(=O)Nc2ccccc2)ccc1=O. The van der Waals surface area contributed by atoms with Crippen molar-refractivity contribution >= 4 is 17.5 Å². The molecule has 2 amide bonds. The van der Waals surface area contributed by atoms with E-state index >= 15 is 0 Å². The summed E-state index contributed by atoms with van der Waals surface area (Å²) in [5.74, 6) is -0.767. The third kappa shape index (κ3) is 4.77. The van der Waals surface area contributed by atoms with E-state index in [4.69, 9.17) is 0 Å². The largest absolute Gasteiger partial charge is 0.352 e. The normalized spacial score (nSPS) is 11.6. The van der Waals surface area contributed by atoms with Crippen LogP contribution in [0.25, 0.3) is 0 Å². The number of carbonyl (C=O) groups excluding carboxylic acids is 2. The van der Waals surface area contributed by atoms with Gasteiger partial charge in [-0.3, -0.25) is 14.4 Å². The van der Waals surface area contributed by atoms with Crippen LogP contribution in [0.1, 0.15) is 30.8 Å². The molecule has 2 N–H and O–H groups in total. The maximum atomic E-state index is 12.2. The molecule has 0 radical (unpaired) electrons. The molecule has 0 saturated heterocycles. The average Bonchev–Trinajstić information content (AvgIpc) is 2.57. The lowest BCUT2D eigenvalue weighted by Crippen LogP contribution is -2.38. The van der Waals surface area contributed by atoms with Crippen molar-refractivity contribution in [2.45, 2.75) is 32.9 Å². The molecule has 0 spiro atoms. The van der Waals surface area contributed by atoms with Gasteiger partial charge in [0.25, 0.3) is 11.5 Å². The Balaban J connectivity index is 2.11. The highest BCUT2D eigenvalue weighted by molar-refractivity contribution is 6.02. The predicted octanol–water partition coefficient (Wildman–Crippen LogP) is 1.41. The molecular weight excluding hydrogens is 308 g/mol. The lowest BCUT2D eigenvalue weighted by Gasteiger charge is -2.12. The first-order valence-electron chi connectivity index (χ1n) is 7.73. The number of hydrogen-bond donors (Lipinski definition) is 2. The molecule has 0 unspecified atom stereocenters. The average molecular weight is 328 g/mol. The van der Waals surface area contributed by atoms with Gasteiger partial charge >= 0.3 is 0 Å². The standard InChI is InChI=1S/C17H20N4O3/c1-3-12(2)18-15(22)11-21-16(23)10-9-14(20-21)17(24)19-13-7-5-4-6-8-13/h4-10,12H,3,11H2,1-2H3,(H,18,22)(H,19,24)/t12-/m0/s1. The number of nitrogens with one attached hydrogen (secondary N) is 2. The quantitative estimate of drug-likeness (QED) is 0.838. The van der Waals surface area contributed by atoms with Gasteiger partial charge in [-0.05, 0) is 31.5 Å². The fourth-order valence-electron chi connectivity index (χ4n) is 1.96. The second-order valence-corrected chi connectivity index (χ2v) is 5.41. The summed E-state index contributed by atoms with van der Waals surface area (Å²) in [5.41, 5.74) is 0.247. The van der Waals surface area contributed by atoms with Gasteiger partial charge in [-0.15, -0.1) is 0 Å². The van der Waals surface area contributed by atoms with E-state index in [0.717, 1.165) is 11.1 Å². The zero-order valence-corrected chi connectivity index (χ0v) is 13.7. The van der Waals surface area contributed by atoms with E-state index in [-0.39, 0.29) is 24.2 Å². The van der Waals surface area contributed by atoms with Crippen molar-refractivity contribution in [1.29, 1.82) is 0 Å². The summed E-state index contributed by atoms with van der Waals surface area (Å²) in [6.45, 7) is 3.59. The Morgan fingerprint density at radius 2 is 1.88 bits per heavy atom. The molecule has 1 aromatic carbocycles. The van der Waals surface area contributed by atoms with Gasteiger partial charge in [-0.25, -0.2) is 4.68 Å². The molecule has 0 aliphatic rings. The van der Waals surface area contributed by atoms with Crippen LogP contribution in [0.15, 0.2) is 47.3 Å². The lowest BCUT2D eigenvalue weighted by atomic mass is 10.2. The van der Waals surface area contributed by atoms with E-state index in [1.165, 1.54) is 12.1 Å². The van der Waals surface area contributed by atoms with Crippen molar-refractivity contribution in [3.05, 3.63) is 58.5 Å². The van der Waals surface area contributed by atoms with Crippen LogP contribution >= 0.6 is 0 Å². The van der Waals surface area contributed by atoms with Gasteiger partial charge in [0.1, 0.15) is 12.2 Å². The third-order valence-electron chi connectivity index (χ3n) is 3.44. The van der Waals surface area contributed by atoms with Gasteiger partial charge in [0.2, 0.25) is 5.91 Å². The molecule has 0 aliphatic carbocycles. The molecule has 7 nitrogen and oxygen atoms in total. The van der Waals surface area contributed by atoms with Crippen LogP contribution in [0.4, 0.5) is 5.69 Å². The summed E-state index contributed by atoms with van der Waals surface area (Å²) in [4.78, 5) is 35.9. The highest BCUT2D eigenvalue weighted by Crippen LogP contribution is 2.06. The van der Waals surface area contributed by atoms with Crippen LogP contribution in [0.3, 0.4) is 0 Å². The van der Waals surface area contributed by atoms with E-state index in [0.29, 0.717) is 5.69 Å². The van der Waals surface area contributed by atoms with E-state index in [1.54, 1.807) is 24.3 Å². The molecule has 0 aliphatic heterocycles. The van der Waals surface area contributed by atoms with Gasteiger partial charge in [-0.2, -0.15) is 5.10 Å². The Labute approximate surface area is 139 Å². The van der Waals surface area contributed by atoms with Gasteiger partial charge in [-0.1, -0.05) is 25.1 Å². The van der Waals surface area contributed by atoms with E-state index in [9.17, 15) is 14.4 Å². The van der Waals surface area contributed by atoms with Gasteiger partial charge in [0.15, 0.2) is 0 Å². The van der Waals surface area contributed by atoms with Crippen molar-refractivity contribution < 1.29 is 9.59 Å². The maximum Gasteiger partial charge on any atom is 0.276 e. The topological polar surface area (TPSA) is 93.1 Å². The van der Waals surface area contributed by atoms with Gasteiger partial charge in [0.05, 0.1) is 0 Å². The molecule has 1 atom stereocenters. The summed E-state index contributed by atoms with van der Waals surface area (Å²) in [6, 6.07) is 11.5. The summed E-state index contributed by atoms with van der Waals surface area (Å²) in [5, 5.41) is 9.41. The van der Waals surface area contributed by atoms with Crippen LogP contribution < -0.4 is 16.2 Å². The first-order valence-corrected chi connectivity index (χ1v) is 7.73. The van der Waals surface area contributed by atoms with Crippen LogP contribution in [-0.4, -0.2) is 27.6 Å². The molecule has 2 aromatic rings. The van der Waals surface area contributed by atoms with Crippen LogP contribution in [0.2, 0.25) is 0 Å². The third-order valence-corrected chi connectivity index (χ3v) is 3.44. The number of nitrogens with zero attached hydrogens (tertiary/aromatic N) is 2. The number of anilines is 1. The number of aromatic nitrogens is 2. The molecule has 0 bridgehead atoms. The van der Waals surface area contributed by atoms with E-state index in [2.05, 4.69) is 15.7 Å². The lowest BCUT2D eigenvalue weighted by molar-refractivity contribution is -0.122. The number of rotatable bonds is 6. The Bertz CT molecular complexity index is 771. The Kier molecular flexibility index (Phi) is 5.83. The minimum absolute atomic E-state index is 0.0118. The summed E-state index contributed by atoms with van der Waals surface area (Å²) in [6.07, 6.45) is 0.785. The molecule has 24 heavy (non-hydrogen) atoms. The molecule has 2 rings (SSSR count). The summed E-state index contributed by atoms with van der Waals surface area (Å²) >= 11 is 0. The minimum Gasteiger partial charge on any atom is -0.352 e. The molecule has 126 valence electrons. The number of para-hydroxylation sites is 1. The first-order chi connectivity index (χ1) is 11.5. The zero-order chi connectivity index (χ0) is 17.5. The highest BCUT2D eigenvalue weighted by Gasteiger charge is 2.13. The Morgan fingerprint density at radius 3 is 2.54 bits per heavy atom. The fraction of sp³-hybridized carbons (Fsp3) is 0.294. The monoisotopic (exact) mass is 328 g/mol. The number of hydrogen-bond acceptors (Lipinski definition) is 4. The van der Waals surface area contributed by atoms with Crippen molar-refractivity contribution in [3.8, 4) is 0 Å². The fourth-order valence-corrected chi connectivity index (χ4v) is 1.96. The van der Waals surface area contributed by atoms with Crippen LogP contribution in [-0.2, 0) is 11.3 Å². The predicted molar refractivity (Wildman–Crippen MR) is 90.8 cm³/mol. The van der Waals surface area contributed by atoms with Crippen molar-refractivity contribution in [1.82, 2.24) is 15.1 Å². The minimum atomic E-state index is -0.447. The summed E-state index contributed by atoms with van der Waals surface area (Å²) in [7, 11) is 0. The molecule has 1 heterocycles. The molecule has 0 saturated carbocycles. The first kappa shape index (κ1) is 17.4. The highest BCUT2D eigenvalue weighted by atomic mass is 16.2. The number of carbonyl (C=O) groups is 2. The summed E-state index contributed by atoms with van der Waals surface area (Å²) < 4.78 is 0.984. The molecule has 0 fully saturated rings. The molecular formula is C17H20N4O3. The number of benzene rings is 1. The second-order valence-electron chi connectivity index (χ2n) is 5.41.